The second-order valence-corrected chi connectivity index (χ2v) is 11.5. The molecular formula is C34H38N6O3S. The summed E-state index contributed by atoms with van der Waals surface area (Å²) in [5.74, 6) is 0.515. The number of amides is 1. The molecule has 2 aliphatic heterocycles. The molecule has 9 nitrogen and oxygen atoms in total. The molecule has 0 spiro atoms. The molecule has 2 N–H and O–H groups in total. The van der Waals surface area contributed by atoms with Crippen molar-refractivity contribution in [2.75, 3.05) is 50.2 Å². The Morgan fingerprint density at radius 2 is 1.77 bits per heavy atom. The van der Waals surface area contributed by atoms with Crippen molar-refractivity contribution in [1.82, 2.24) is 19.8 Å². The van der Waals surface area contributed by atoms with Crippen LogP contribution in [-0.4, -0.2) is 65.4 Å². The van der Waals surface area contributed by atoms with Crippen LogP contribution in [0.2, 0.25) is 0 Å². The Bertz CT molecular complexity index is 1620. The average Bonchev–Trinajstić information content (AvgIpc) is 3.54. The number of methoxy groups -OCH3 is 1. The highest BCUT2D eigenvalue weighted by molar-refractivity contribution is 7.80. The molecule has 4 aromatic rings. The van der Waals surface area contributed by atoms with Crippen molar-refractivity contribution in [2.24, 2.45) is 0 Å². The average molecular weight is 611 g/mol. The number of nitrogens with one attached hydrogen (secondary N) is 2. The summed E-state index contributed by atoms with van der Waals surface area (Å²) < 4.78 is 13.2. The van der Waals surface area contributed by atoms with Crippen LogP contribution in [0.3, 0.4) is 0 Å². The number of para-hydroxylation sites is 2. The number of benzene rings is 2. The predicted octanol–water partition coefficient (Wildman–Crippen LogP) is 5.34. The van der Waals surface area contributed by atoms with E-state index in [1.165, 1.54) is 5.69 Å². The van der Waals surface area contributed by atoms with Crippen molar-refractivity contribution < 1.29 is 14.3 Å². The molecule has 4 heterocycles. The molecule has 2 saturated heterocycles. The molecule has 6 rings (SSSR count). The van der Waals surface area contributed by atoms with E-state index in [0.717, 1.165) is 54.6 Å². The van der Waals surface area contributed by atoms with E-state index >= 15 is 0 Å². The Morgan fingerprint density at radius 1 is 1.05 bits per heavy atom. The normalized spacial score (nSPS) is 18.3. The van der Waals surface area contributed by atoms with Gasteiger partial charge in [-0.05, 0) is 86.2 Å². The van der Waals surface area contributed by atoms with E-state index in [9.17, 15) is 4.79 Å². The van der Waals surface area contributed by atoms with E-state index in [1.54, 1.807) is 13.3 Å². The van der Waals surface area contributed by atoms with Gasteiger partial charge in [-0.2, -0.15) is 0 Å². The van der Waals surface area contributed by atoms with Gasteiger partial charge in [0, 0.05) is 55.0 Å². The van der Waals surface area contributed by atoms with Gasteiger partial charge in [0.05, 0.1) is 43.8 Å². The zero-order valence-corrected chi connectivity index (χ0v) is 26.1. The maximum Gasteiger partial charge on any atom is 0.226 e. The van der Waals surface area contributed by atoms with Gasteiger partial charge in [0.25, 0.3) is 0 Å². The number of aromatic nitrogens is 2. The number of carbonyl (C=O) groups is 1. The van der Waals surface area contributed by atoms with E-state index < -0.39 is 0 Å². The molecular weight excluding hydrogens is 572 g/mol. The third kappa shape index (κ3) is 6.00. The highest BCUT2D eigenvalue weighted by Crippen LogP contribution is 2.41. The van der Waals surface area contributed by atoms with Crippen LogP contribution >= 0.6 is 12.2 Å². The number of pyridine rings is 1. The Balaban J connectivity index is 1.28. The number of ether oxygens (including phenoxy) is 2. The monoisotopic (exact) mass is 610 g/mol. The van der Waals surface area contributed by atoms with E-state index in [-0.39, 0.29) is 24.4 Å². The maximum atomic E-state index is 13.1. The van der Waals surface area contributed by atoms with Gasteiger partial charge < -0.3 is 34.5 Å². The molecule has 228 valence electrons. The number of hydrogen-bond donors (Lipinski definition) is 2. The van der Waals surface area contributed by atoms with Gasteiger partial charge in [0.15, 0.2) is 5.11 Å². The van der Waals surface area contributed by atoms with Crippen molar-refractivity contribution in [3.05, 3.63) is 102 Å². The van der Waals surface area contributed by atoms with Crippen molar-refractivity contribution in [3.63, 3.8) is 0 Å². The van der Waals surface area contributed by atoms with E-state index in [0.29, 0.717) is 23.1 Å². The smallest absolute Gasteiger partial charge is 0.226 e. The highest BCUT2D eigenvalue weighted by Gasteiger charge is 2.41. The van der Waals surface area contributed by atoms with Crippen LogP contribution in [0, 0.1) is 13.8 Å². The van der Waals surface area contributed by atoms with Crippen LogP contribution in [0.25, 0.3) is 5.69 Å². The van der Waals surface area contributed by atoms with Crippen molar-refractivity contribution in [3.8, 4) is 11.4 Å². The summed E-state index contributed by atoms with van der Waals surface area (Å²) in [5.41, 5.74) is 7.26. The molecule has 10 heteroatoms. The summed E-state index contributed by atoms with van der Waals surface area (Å²) in [5, 5.41) is 7.12. The van der Waals surface area contributed by atoms with E-state index in [2.05, 4.69) is 74.2 Å². The van der Waals surface area contributed by atoms with Gasteiger partial charge in [-0.15, -0.1) is 0 Å². The third-order valence-corrected chi connectivity index (χ3v) is 8.78. The lowest BCUT2D eigenvalue weighted by Crippen LogP contribution is -2.36. The largest absolute Gasteiger partial charge is 0.495 e. The number of hydrogen-bond acceptors (Lipinski definition) is 6. The topological polar surface area (TPSA) is 83.9 Å². The minimum Gasteiger partial charge on any atom is -0.495 e. The maximum absolute atomic E-state index is 13.1. The summed E-state index contributed by atoms with van der Waals surface area (Å²) in [6.45, 7) is 8.05. The fraction of sp³-hybridized carbons (Fsp3) is 0.324. The first-order valence-corrected chi connectivity index (χ1v) is 15.4. The van der Waals surface area contributed by atoms with Gasteiger partial charge in [-0.25, -0.2) is 0 Å². The van der Waals surface area contributed by atoms with Crippen LogP contribution in [0.15, 0.2) is 79.0 Å². The number of aryl methyl sites for hydroxylation is 1. The number of nitrogens with zero attached hydrogens (tertiary/aromatic N) is 4. The van der Waals surface area contributed by atoms with Crippen molar-refractivity contribution >= 4 is 34.6 Å². The SMILES string of the molecule is COc1ccccc1NC(=O)CCN1C(=S)N[C@@H](c2ccccn2)[C@H]1c1cc(C)n(-c2ccc(N3CCOCC3)cc2)c1C. The Labute approximate surface area is 263 Å². The Morgan fingerprint density at radius 3 is 2.50 bits per heavy atom. The number of thiocarbonyl (C=S) groups is 1. The molecule has 2 aliphatic rings. The van der Waals surface area contributed by atoms with Crippen LogP contribution in [0.5, 0.6) is 5.75 Å². The van der Waals surface area contributed by atoms with Gasteiger partial charge in [-0.1, -0.05) is 18.2 Å². The number of carbonyl (C=O) groups excluding carboxylic acids is 1. The van der Waals surface area contributed by atoms with Crippen LogP contribution < -0.4 is 20.3 Å². The lowest BCUT2D eigenvalue weighted by Gasteiger charge is -2.29. The lowest BCUT2D eigenvalue weighted by atomic mass is 9.96. The summed E-state index contributed by atoms with van der Waals surface area (Å²) in [4.78, 5) is 22.3. The Kier molecular flexibility index (Phi) is 8.81. The molecule has 0 radical (unpaired) electrons. The van der Waals surface area contributed by atoms with Crippen LogP contribution in [0.1, 0.15) is 41.1 Å². The molecule has 0 bridgehead atoms. The standard InChI is InChI=1S/C34H38N6O3S/c1-23-22-27(24(2)40(23)26-13-11-25(12-14-26)38-18-20-43-21-19-38)33-32(29-9-6-7-16-35-29)37-34(44)39(33)17-15-31(41)36-28-8-4-5-10-30(28)42-3/h4-14,16,22,32-33H,15,17-21H2,1-3H3,(H,36,41)(H,37,44)/t32-,33+/m0/s1. The zero-order valence-electron chi connectivity index (χ0n) is 25.3. The fourth-order valence-corrected chi connectivity index (χ4v) is 6.62. The molecule has 44 heavy (non-hydrogen) atoms. The zero-order chi connectivity index (χ0) is 30.6. The molecule has 2 aromatic heterocycles. The van der Waals surface area contributed by atoms with E-state index in [1.807, 2.05) is 42.5 Å². The fourth-order valence-electron chi connectivity index (χ4n) is 6.29. The molecule has 1 amide bonds. The Hall–Kier alpha value is -4.41. The lowest BCUT2D eigenvalue weighted by molar-refractivity contribution is -0.116. The molecule has 0 saturated carbocycles. The number of morpholine rings is 1. The third-order valence-electron chi connectivity index (χ3n) is 8.43. The number of anilines is 2. The summed E-state index contributed by atoms with van der Waals surface area (Å²) >= 11 is 5.88. The van der Waals surface area contributed by atoms with Gasteiger partial charge in [0.2, 0.25) is 5.91 Å². The highest BCUT2D eigenvalue weighted by atomic mass is 32.1. The van der Waals surface area contributed by atoms with Crippen molar-refractivity contribution in [2.45, 2.75) is 32.4 Å². The summed E-state index contributed by atoms with van der Waals surface area (Å²) in [6, 6.07) is 24.0. The minimum atomic E-state index is -0.168. The second-order valence-electron chi connectivity index (χ2n) is 11.1. The molecule has 2 fully saturated rings. The first kappa shape index (κ1) is 29.7. The van der Waals surface area contributed by atoms with Crippen LogP contribution in [-0.2, 0) is 9.53 Å². The summed E-state index contributed by atoms with van der Waals surface area (Å²) in [6.07, 6.45) is 2.06. The summed E-state index contributed by atoms with van der Waals surface area (Å²) in [7, 11) is 1.59. The molecule has 2 atom stereocenters. The van der Waals surface area contributed by atoms with Crippen LogP contribution in [0.4, 0.5) is 11.4 Å². The predicted molar refractivity (Wildman–Crippen MR) is 177 cm³/mol. The first-order valence-electron chi connectivity index (χ1n) is 15.0. The molecule has 2 aromatic carbocycles. The molecule has 0 unspecified atom stereocenters. The number of rotatable bonds is 9. The minimum absolute atomic E-state index is 0.108. The quantitative estimate of drug-likeness (QED) is 0.246. The van der Waals surface area contributed by atoms with Gasteiger partial charge in [0.1, 0.15) is 5.75 Å². The second kappa shape index (κ2) is 13.1. The van der Waals surface area contributed by atoms with Gasteiger partial charge >= 0.3 is 0 Å². The van der Waals surface area contributed by atoms with Gasteiger partial charge in [-0.3, -0.25) is 9.78 Å². The first-order chi connectivity index (χ1) is 21.4. The van der Waals surface area contributed by atoms with Crippen molar-refractivity contribution in [1.29, 1.82) is 0 Å². The molecule has 0 aliphatic carbocycles. The van der Waals surface area contributed by atoms with E-state index in [4.69, 9.17) is 21.7 Å².